The Morgan fingerprint density at radius 3 is 2.47 bits per heavy atom. The average molecular weight is 269 g/mol. The van der Waals surface area contributed by atoms with Gasteiger partial charge in [0.25, 0.3) is 5.91 Å². The molecular formula is C13H17F2N3O. The van der Waals surface area contributed by atoms with Crippen LogP contribution in [0, 0.1) is 17.6 Å². The first-order valence-corrected chi connectivity index (χ1v) is 6.35. The van der Waals surface area contributed by atoms with E-state index in [0.29, 0.717) is 6.54 Å². The Bertz CT molecular complexity index is 452. The van der Waals surface area contributed by atoms with E-state index in [0.717, 1.165) is 30.9 Å². The summed E-state index contributed by atoms with van der Waals surface area (Å²) in [5.74, 6) is 3.54. The van der Waals surface area contributed by atoms with Crippen LogP contribution in [-0.4, -0.2) is 12.5 Å². The lowest BCUT2D eigenvalue weighted by molar-refractivity contribution is 0.0952. The molecule has 1 amide bonds. The van der Waals surface area contributed by atoms with Crippen molar-refractivity contribution in [3.63, 3.8) is 0 Å². The van der Waals surface area contributed by atoms with Crippen molar-refractivity contribution < 1.29 is 13.6 Å². The van der Waals surface area contributed by atoms with Crippen LogP contribution >= 0.6 is 0 Å². The highest BCUT2D eigenvalue weighted by Crippen LogP contribution is 2.33. The third-order valence-corrected chi connectivity index (χ3v) is 3.22. The molecule has 104 valence electrons. The molecule has 0 atom stereocenters. The maximum atomic E-state index is 13.4. The van der Waals surface area contributed by atoms with Crippen LogP contribution in [0.5, 0.6) is 0 Å². The van der Waals surface area contributed by atoms with Gasteiger partial charge < -0.3 is 10.7 Å². The van der Waals surface area contributed by atoms with Crippen molar-refractivity contribution in [2.24, 2.45) is 11.8 Å². The van der Waals surface area contributed by atoms with Crippen molar-refractivity contribution >= 4 is 11.6 Å². The number of hydrogen-bond donors (Lipinski definition) is 3. The van der Waals surface area contributed by atoms with Gasteiger partial charge in [0.2, 0.25) is 0 Å². The van der Waals surface area contributed by atoms with Crippen LogP contribution in [0.1, 0.15) is 36.0 Å². The molecule has 2 rings (SSSR count). The maximum absolute atomic E-state index is 13.4. The van der Waals surface area contributed by atoms with Crippen LogP contribution in [-0.2, 0) is 0 Å². The fraction of sp³-hybridized carbons (Fsp3) is 0.462. The Morgan fingerprint density at radius 2 is 1.95 bits per heavy atom. The number of hydrazine groups is 1. The SMILES string of the molecule is NNc1c(F)cc(C(=O)NCCCC2CC2)cc1F. The Balaban J connectivity index is 1.90. The summed E-state index contributed by atoms with van der Waals surface area (Å²) in [4.78, 5) is 11.7. The zero-order valence-corrected chi connectivity index (χ0v) is 10.5. The summed E-state index contributed by atoms with van der Waals surface area (Å²) in [6, 6.07) is 1.93. The molecule has 1 fully saturated rings. The molecular weight excluding hydrogens is 252 g/mol. The van der Waals surface area contributed by atoms with Crippen LogP contribution in [0.15, 0.2) is 12.1 Å². The number of anilines is 1. The highest BCUT2D eigenvalue weighted by Gasteiger charge is 2.20. The van der Waals surface area contributed by atoms with Gasteiger partial charge in [0.15, 0.2) is 11.6 Å². The predicted molar refractivity (Wildman–Crippen MR) is 68.5 cm³/mol. The lowest BCUT2D eigenvalue weighted by Crippen LogP contribution is -2.25. The zero-order valence-electron chi connectivity index (χ0n) is 10.5. The number of halogens is 2. The van der Waals surface area contributed by atoms with Crippen molar-refractivity contribution in [2.45, 2.75) is 25.7 Å². The first-order valence-electron chi connectivity index (χ1n) is 6.35. The van der Waals surface area contributed by atoms with E-state index in [9.17, 15) is 13.6 Å². The molecule has 0 heterocycles. The minimum atomic E-state index is -0.884. The first-order chi connectivity index (χ1) is 9.11. The van der Waals surface area contributed by atoms with Gasteiger partial charge in [-0.3, -0.25) is 10.6 Å². The molecule has 0 bridgehead atoms. The Kier molecular flexibility index (Phi) is 4.31. The summed E-state index contributed by atoms with van der Waals surface area (Å²) < 4.78 is 26.8. The van der Waals surface area contributed by atoms with Gasteiger partial charge in [-0.05, 0) is 30.9 Å². The van der Waals surface area contributed by atoms with Gasteiger partial charge in [-0.15, -0.1) is 0 Å². The molecule has 0 aromatic heterocycles. The van der Waals surface area contributed by atoms with Crippen molar-refractivity contribution in [3.8, 4) is 0 Å². The molecule has 6 heteroatoms. The number of nitrogens with one attached hydrogen (secondary N) is 2. The van der Waals surface area contributed by atoms with Gasteiger partial charge in [0, 0.05) is 12.1 Å². The molecule has 0 aliphatic heterocycles. The number of rotatable bonds is 6. The lowest BCUT2D eigenvalue weighted by atomic mass is 10.1. The molecule has 4 nitrogen and oxygen atoms in total. The fourth-order valence-electron chi connectivity index (χ4n) is 1.94. The van der Waals surface area contributed by atoms with E-state index in [4.69, 9.17) is 5.84 Å². The molecule has 1 aromatic rings. The molecule has 0 unspecified atom stereocenters. The summed E-state index contributed by atoms with van der Waals surface area (Å²) in [6.07, 6.45) is 4.54. The van der Waals surface area contributed by atoms with E-state index in [1.165, 1.54) is 12.8 Å². The van der Waals surface area contributed by atoms with Gasteiger partial charge in [-0.2, -0.15) is 0 Å². The van der Waals surface area contributed by atoms with Gasteiger partial charge in [0.1, 0.15) is 5.69 Å². The third-order valence-electron chi connectivity index (χ3n) is 3.22. The van der Waals surface area contributed by atoms with E-state index < -0.39 is 23.2 Å². The van der Waals surface area contributed by atoms with Crippen molar-refractivity contribution in [1.29, 1.82) is 0 Å². The van der Waals surface area contributed by atoms with Crippen LogP contribution in [0.2, 0.25) is 0 Å². The number of benzene rings is 1. The van der Waals surface area contributed by atoms with E-state index in [1.807, 2.05) is 5.43 Å². The summed E-state index contributed by atoms with van der Waals surface area (Å²) in [6.45, 7) is 0.523. The molecule has 1 aliphatic rings. The summed E-state index contributed by atoms with van der Waals surface area (Å²) in [5.41, 5.74) is 1.44. The quantitative estimate of drug-likeness (QED) is 0.421. The standard InChI is InChI=1S/C13H17F2N3O/c14-10-6-9(7-11(15)12(10)18-16)13(19)17-5-1-2-8-3-4-8/h6-8,18H,1-5,16H2,(H,17,19). The second kappa shape index (κ2) is 5.97. The molecule has 19 heavy (non-hydrogen) atoms. The lowest BCUT2D eigenvalue weighted by Gasteiger charge is -2.08. The predicted octanol–water partition coefficient (Wildman–Crippen LogP) is 2.17. The molecule has 1 aromatic carbocycles. The minimum absolute atomic E-state index is 0.0413. The maximum Gasteiger partial charge on any atom is 0.251 e. The first kappa shape index (κ1) is 13.7. The fourth-order valence-corrected chi connectivity index (χ4v) is 1.94. The number of carbonyl (C=O) groups excluding carboxylic acids is 1. The largest absolute Gasteiger partial charge is 0.352 e. The molecule has 0 spiro atoms. The normalized spacial score (nSPS) is 14.3. The van der Waals surface area contributed by atoms with Gasteiger partial charge in [-0.25, -0.2) is 8.78 Å². The van der Waals surface area contributed by atoms with Crippen LogP contribution < -0.4 is 16.6 Å². The van der Waals surface area contributed by atoms with E-state index in [2.05, 4.69) is 5.32 Å². The summed E-state index contributed by atoms with van der Waals surface area (Å²) in [5, 5.41) is 2.65. The monoisotopic (exact) mass is 269 g/mol. The second-order valence-electron chi connectivity index (χ2n) is 4.80. The minimum Gasteiger partial charge on any atom is -0.352 e. The van der Waals surface area contributed by atoms with E-state index in [-0.39, 0.29) is 5.56 Å². The molecule has 1 aliphatic carbocycles. The van der Waals surface area contributed by atoms with Crippen LogP contribution in [0.3, 0.4) is 0 Å². The number of amides is 1. The summed E-state index contributed by atoms with van der Waals surface area (Å²) in [7, 11) is 0. The van der Waals surface area contributed by atoms with Crippen molar-refractivity contribution in [3.05, 3.63) is 29.3 Å². The van der Waals surface area contributed by atoms with Gasteiger partial charge in [-0.1, -0.05) is 12.8 Å². The van der Waals surface area contributed by atoms with Crippen LogP contribution in [0.4, 0.5) is 14.5 Å². The number of nitrogen functional groups attached to an aromatic ring is 1. The molecule has 4 N–H and O–H groups in total. The Labute approximate surface area is 110 Å². The Hall–Kier alpha value is -1.69. The van der Waals surface area contributed by atoms with Crippen molar-refractivity contribution in [2.75, 3.05) is 12.0 Å². The number of hydrogen-bond acceptors (Lipinski definition) is 3. The molecule has 0 radical (unpaired) electrons. The molecule has 1 saturated carbocycles. The highest BCUT2D eigenvalue weighted by atomic mass is 19.1. The van der Waals surface area contributed by atoms with Crippen LogP contribution in [0.25, 0.3) is 0 Å². The Morgan fingerprint density at radius 1 is 1.32 bits per heavy atom. The average Bonchev–Trinajstić information content (AvgIpc) is 3.18. The third kappa shape index (κ3) is 3.64. The highest BCUT2D eigenvalue weighted by molar-refractivity contribution is 5.94. The zero-order chi connectivity index (χ0) is 13.8. The van der Waals surface area contributed by atoms with E-state index >= 15 is 0 Å². The molecule has 0 saturated heterocycles. The van der Waals surface area contributed by atoms with E-state index in [1.54, 1.807) is 0 Å². The number of carbonyl (C=O) groups is 1. The van der Waals surface area contributed by atoms with Crippen molar-refractivity contribution in [1.82, 2.24) is 5.32 Å². The number of nitrogens with two attached hydrogens (primary N) is 1. The summed E-state index contributed by atoms with van der Waals surface area (Å²) >= 11 is 0. The smallest absolute Gasteiger partial charge is 0.251 e. The van der Waals surface area contributed by atoms with Gasteiger partial charge in [0.05, 0.1) is 0 Å². The van der Waals surface area contributed by atoms with Gasteiger partial charge >= 0.3 is 0 Å². The topological polar surface area (TPSA) is 67.1 Å². The second-order valence-corrected chi connectivity index (χ2v) is 4.80.